The van der Waals surface area contributed by atoms with Gasteiger partial charge in [0.05, 0.1) is 5.41 Å². The Morgan fingerprint density at radius 1 is 1.16 bits per heavy atom. The number of carboxylic acid groups (broad SMARTS) is 1. The van der Waals surface area contributed by atoms with E-state index in [2.05, 4.69) is 10.6 Å². The molecule has 0 radical (unpaired) electrons. The van der Waals surface area contributed by atoms with E-state index in [0.29, 0.717) is 6.54 Å². The summed E-state index contributed by atoms with van der Waals surface area (Å²) >= 11 is 1.60. The monoisotopic (exact) mass is 290 g/mol. The summed E-state index contributed by atoms with van der Waals surface area (Å²) in [6, 6.07) is -0.603. The van der Waals surface area contributed by atoms with E-state index in [0.717, 1.165) is 0 Å². The van der Waals surface area contributed by atoms with E-state index in [-0.39, 0.29) is 11.2 Å². The van der Waals surface area contributed by atoms with Gasteiger partial charge >= 0.3 is 12.0 Å². The summed E-state index contributed by atoms with van der Waals surface area (Å²) in [7, 11) is 0. The molecule has 0 aliphatic carbocycles. The van der Waals surface area contributed by atoms with Crippen LogP contribution in [0.3, 0.4) is 0 Å². The minimum atomic E-state index is -1.19. The van der Waals surface area contributed by atoms with Crippen molar-refractivity contribution in [3.8, 4) is 0 Å². The zero-order chi connectivity index (χ0) is 15.3. The number of carbonyl (C=O) groups is 3. The van der Waals surface area contributed by atoms with Crippen molar-refractivity contribution in [3.63, 3.8) is 0 Å². The van der Waals surface area contributed by atoms with Crippen LogP contribution >= 0.6 is 11.8 Å². The molecule has 3 amide bonds. The number of imide groups is 1. The van der Waals surface area contributed by atoms with Gasteiger partial charge in [0.25, 0.3) is 0 Å². The number of hydrogen-bond donors (Lipinski definition) is 3. The average Bonchev–Trinajstić information content (AvgIpc) is 2.25. The minimum Gasteiger partial charge on any atom is -0.481 e. The SMILES string of the molecule is CSC(C)(C)CNC(=O)NC(=O)CC(C)(C)C(=O)O. The Morgan fingerprint density at radius 2 is 1.68 bits per heavy atom. The van der Waals surface area contributed by atoms with Crippen LogP contribution in [0, 0.1) is 5.41 Å². The van der Waals surface area contributed by atoms with Crippen LogP contribution < -0.4 is 10.6 Å². The van der Waals surface area contributed by atoms with Crippen LogP contribution in [-0.2, 0) is 9.59 Å². The molecule has 6 nitrogen and oxygen atoms in total. The Labute approximate surface area is 117 Å². The number of nitrogens with one attached hydrogen (secondary N) is 2. The molecule has 0 bridgehead atoms. The lowest BCUT2D eigenvalue weighted by Gasteiger charge is -2.22. The van der Waals surface area contributed by atoms with Crippen LogP contribution in [0.15, 0.2) is 0 Å². The summed E-state index contributed by atoms with van der Waals surface area (Å²) in [5, 5.41) is 13.6. The van der Waals surface area contributed by atoms with E-state index in [4.69, 9.17) is 5.11 Å². The smallest absolute Gasteiger partial charge is 0.321 e. The first-order valence-electron chi connectivity index (χ1n) is 5.86. The van der Waals surface area contributed by atoms with Crippen LogP contribution in [-0.4, -0.2) is 40.6 Å². The van der Waals surface area contributed by atoms with Gasteiger partial charge in [-0.1, -0.05) is 0 Å². The fourth-order valence-electron chi connectivity index (χ4n) is 1.06. The molecule has 0 unspecified atom stereocenters. The van der Waals surface area contributed by atoms with Gasteiger partial charge in [0.2, 0.25) is 5.91 Å². The lowest BCUT2D eigenvalue weighted by atomic mass is 9.89. The summed E-state index contributed by atoms with van der Waals surface area (Å²) in [5.41, 5.74) is -1.19. The molecule has 0 saturated carbocycles. The molecule has 0 aromatic rings. The fraction of sp³-hybridized carbons (Fsp3) is 0.750. The fourth-order valence-corrected chi connectivity index (χ4v) is 1.27. The number of thioether (sulfide) groups is 1. The Hall–Kier alpha value is -1.24. The standard InChI is InChI=1S/C12H22N2O4S/c1-11(2,9(16)17)6-8(15)14-10(18)13-7-12(3,4)19-5/h6-7H2,1-5H3,(H,16,17)(H2,13,14,15,18). The molecule has 0 fully saturated rings. The van der Waals surface area contributed by atoms with E-state index in [1.165, 1.54) is 13.8 Å². The summed E-state index contributed by atoms with van der Waals surface area (Å²) in [4.78, 5) is 33.9. The van der Waals surface area contributed by atoms with Crippen molar-refractivity contribution in [2.75, 3.05) is 12.8 Å². The van der Waals surface area contributed by atoms with Gasteiger partial charge in [-0.25, -0.2) is 4.79 Å². The highest BCUT2D eigenvalue weighted by Crippen LogP contribution is 2.20. The lowest BCUT2D eigenvalue weighted by molar-refractivity contribution is -0.149. The number of carboxylic acids is 1. The molecular formula is C12H22N2O4S. The molecule has 0 aromatic heterocycles. The molecule has 0 spiro atoms. The van der Waals surface area contributed by atoms with Crippen LogP contribution in [0.2, 0.25) is 0 Å². The van der Waals surface area contributed by atoms with Crippen LogP contribution in [0.5, 0.6) is 0 Å². The number of aliphatic carboxylic acids is 1. The average molecular weight is 290 g/mol. The predicted octanol–water partition coefficient (Wildman–Crippen LogP) is 1.45. The van der Waals surface area contributed by atoms with Gasteiger partial charge in [-0.2, -0.15) is 11.8 Å². The number of carbonyl (C=O) groups excluding carboxylic acids is 2. The van der Waals surface area contributed by atoms with E-state index in [9.17, 15) is 14.4 Å². The second-order valence-corrected chi connectivity index (χ2v) is 7.07. The Bertz CT molecular complexity index is 367. The molecule has 0 atom stereocenters. The Balaban J connectivity index is 4.22. The van der Waals surface area contributed by atoms with Crippen molar-refractivity contribution in [2.24, 2.45) is 5.41 Å². The Morgan fingerprint density at radius 3 is 2.11 bits per heavy atom. The van der Waals surface area contributed by atoms with Crippen LogP contribution in [0.1, 0.15) is 34.1 Å². The van der Waals surface area contributed by atoms with Crippen molar-refractivity contribution in [3.05, 3.63) is 0 Å². The highest BCUT2D eigenvalue weighted by atomic mass is 32.2. The summed E-state index contributed by atoms with van der Waals surface area (Å²) in [5.74, 6) is -1.68. The molecule has 7 heteroatoms. The first-order chi connectivity index (χ1) is 8.50. The molecular weight excluding hydrogens is 268 g/mol. The van der Waals surface area contributed by atoms with Crippen molar-refractivity contribution >= 4 is 29.7 Å². The van der Waals surface area contributed by atoms with Gasteiger partial charge in [-0.15, -0.1) is 0 Å². The van der Waals surface area contributed by atoms with Crippen molar-refractivity contribution in [1.82, 2.24) is 10.6 Å². The second-order valence-electron chi connectivity index (χ2n) is 5.56. The summed E-state index contributed by atoms with van der Waals surface area (Å²) < 4.78 is -0.124. The van der Waals surface area contributed by atoms with Crippen molar-refractivity contribution in [1.29, 1.82) is 0 Å². The molecule has 0 heterocycles. The maximum atomic E-state index is 11.5. The third-order valence-corrected chi connectivity index (χ3v) is 3.91. The summed E-state index contributed by atoms with van der Waals surface area (Å²) in [6.45, 7) is 7.21. The van der Waals surface area contributed by atoms with Gasteiger partial charge < -0.3 is 10.4 Å². The molecule has 110 valence electrons. The van der Waals surface area contributed by atoms with Gasteiger partial charge in [-0.3, -0.25) is 14.9 Å². The maximum absolute atomic E-state index is 11.5. The normalized spacial score (nSPS) is 11.8. The Kier molecular flexibility index (Phi) is 6.35. The van der Waals surface area contributed by atoms with E-state index in [1.54, 1.807) is 11.8 Å². The molecule has 3 N–H and O–H groups in total. The number of urea groups is 1. The van der Waals surface area contributed by atoms with Crippen LogP contribution in [0.4, 0.5) is 4.79 Å². The zero-order valence-corrected chi connectivity index (χ0v) is 12.8. The maximum Gasteiger partial charge on any atom is 0.321 e. The van der Waals surface area contributed by atoms with Crippen molar-refractivity contribution in [2.45, 2.75) is 38.9 Å². The van der Waals surface area contributed by atoms with Gasteiger partial charge in [-0.05, 0) is 34.0 Å². The predicted molar refractivity (Wildman–Crippen MR) is 75.2 cm³/mol. The van der Waals surface area contributed by atoms with E-state index >= 15 is 0 Å². The van der Waals surface area contributed by atoms with Crippen molar-refractivity contribution < 1.29 is 19.5 Å². The largest absolute Gasteiger partial charge is 0.481 e. The van der Waals surface area contributed by atoms with Gasteiger partial charge in [0.15, 0.2) is 0 Å². The molecule has 0 saturated heterocycles. The highest BCUT2D eigenvalue weighted by Gasteiger charge is 2.30. The van der Waals surface area contributed by atoms with E-state index < -0.39 is 23.3 Å². The topological polar surface area (TPSA) is 95.5 Å². The van der Waals surface area contributed by atoms with E-state index in [1.807, 2.05) is 20.1 Å². The van der Waals surface area contributed by atoms with Gasteiger partial charge in [0.1, 0.15) is 0 Å². The van der Waals surface area contributed by atoms with Crippen LogP contribution in [0.25, 0.3) is 0 Å². The number of amides is 3. The first-order valence-corrected chi connectivity index (χ1v) is 7.09. The molecule has 19 heavy (non-hydrogen) atoms. The first kappa shape index (κ1) is 17.8. The molecule has 0 aromatic carbocycles. The molecule has 0 aliphatic heterocycles. The number of rotatable bonds is 6. The van der Waals surface area contributed by atoms with Gasteiger partial charge in [0, 0.05) is 17.7 Å². The number of hydrogen-bond acceptors (Lipinski definition) is 4. The lowest BCUT2D eigenvalue weighted by Crippen LogP contribution is -2.45. The zero-order valence-electron chi connectivity index (χ0n) is 12.0. The summed E-state index contributed by atoms with van der Waals surface area (Å²) in [6.07, 6.45) is 1.68. The minimum absolute atomic E-state index is 0.124. The molecule has 0 rings (SSSR count). The second kappa shape index (κ2) is 6.79. The third kappa shape index (κ3) is 7.05. The third-order valence-electron chi connectivity index (χ3n) is 2.66. The quantitative estimate of drug-likeness (QED) is 0.688. The highest BCUT2D eigenvalue weighted by molar-refractivity contribution is 7.99. The molecule has 0 aliphatic rings.